The van der Waals surface area contributed by atoms with Crippen LogP contribution < -0.4 is 10.6 Å². The molecular weight excluding hydrogens is 354 g/mol. The Hall–Kier alpha value is -2.11. The number of nitrogens with zero attached hydrogens (tertiary/aromatic N) is 3. The van der Waals surface area contributed by atoms with Crippen molar-refractivity contribution in [3.8, 4) is 6.07 Å². The number of thioether (sulfide) groups is 1. The van der Waals surface area contributed by atoms with Crippen LogP contribution in [0.2, 0.25) is 0 Å². The van der Waals surface area contributed by atoms with Gasteiger partial charge in [0, 0.05) is 6.54 Å². The molecule has 0 aliphatic rings. The second kappa shape index (κ2) is 8.83. The number of aromatic nitrogens is 2. The zero-order valence-electron chi connectivity index (χ0n) is 14.4. The molecule has 2 aromatic rings. The van der Waals surface area contributed by atoms with Crippen LogP contribution in [0.1, 0.15) is 26.3 Å². The lowest BCUT2D eigenvalue weighted by molar-refractivity contribution is -0.120. The van der Waals surface area contributed by atoms with Gasteiger partial charge in [0.2, 0.25) is 11.0 Å². The number of amides is 1. The maximum Gasteiger partial charge on any atom is 0.231 e. The van der Waals surface area contributed by atoms with Crippen molar-refractivity contribution in [3.63, 3.8) is 0 Å². The number of hydrogen-bond donors (Lipinski definition) is 2. The van der Waals surface area contributed by atoms with Gasteiger partial charge in [0.05, 0.1) is 11.8 Å². The molecule has 1 aromatic heterocycles. The molecule has 132 valence electrons. The third kappa shape index (κ3) is 5.73. The van der Waals surface area contributed by atoms with Crippen molar-refractivity contribution in [2.45, 2.75) is 37.2 Å². The summed E-state index contributed by atoms with van der Waals surface area (Å²) >= 11 is 2.73. The first-order valence-electron chi connectivity index (χ1n) is 7.89. The van der Waals surface area contributed by atoms with E-state index in [1.807, 2.05) is 44.2 Å². The third-order valence-corrected chi connectivity index (χ3v) is 5.82. The second-order valence-corrected chi connectivity index (χ2v) is 8.22. The first kappa shape index (κ1) is 19.2. The van der Waals surface area contributed by atoms with Crippen LogP contribution in [0, 0.1) is 17.2 Å². The molecule has 0 aliphatic carbocycles. The Labute approximate surface area is 156 Å². The predicted octanol–water partition coefficient (Wildman–Crippen LogP) is 3.30. The molecule has 8 heteroatoms. The van der Waals surface area contributed by atoms with E-state index in [0.717, 1.165) is 10.7 Å². The van der Waals surface area contributed by atoms with Crippen LogP contribution in [-0.2, 0) is 11.3 Å². The molecule has 0 saturated heterocycles. The highest BCUT2D eigenvalue weighted by atomic mass is 32.2. The fourth-order valence-corrected chi connectivity index (χ4v) is 3.42. The minimum atomic E-state index is -0.860. The average Bonchev–Trinajstić information content (AvgIpc) is 3.07. The van der Waals surface area contributed by atoms with Crippen molar-refractivity contribution < 1.29 is 4.79 Å². The first-order valence-corrected chi connectivity index (χ1v) is 9.69. The zero-order valence-corrected chi connectivity index (χ0v) is 16.1. The van der Waals surface area contributed by atoms with E-state index < -0.39 is 5.54 Å². The molecule has 2 N–H and O–H groups in total. The summed E-state index contributed by atoms with van der Waals surface area (Å²) in [5, 5.41) is 24.1. The Morgan fingerprint density at radius 2 is 2.08 bits per heavy atom. The monoisotopic (exact) mass is 375 g/mol. The van der Waals surface area contributed by atoms with Gasteiger partial charge in [0.15, 0.2) is 4.34 Å². The zero-order chi connectivity index (χ0) is 18.3. The summed E-state index contributed by atoms with van der Waals surface area (Å²) in [5.74, 6) is 0.0515. The van der Waals surface area contributed by atoms with Gasteiger partial charge >= 0.3 is 0 Å². The van der Waals surface area contributed by atoms with E-state index in [-0.39, 0.29) is 17.6 Å². The van der Waals surface area contributed by atoms with E-state index in [1.165, 1.54) is 23.1 Å². The molecule has 1 atom stereocenters. The normalized spacial score (nSPS) is 13.1. The Morgan fingerprint density at radius 3 is 2.72 bits per heavy atom. The van der Waals surface area contributed by atoms with Crippen molar-refractivity contribution in [2.24, 2.45) is 5.92 Å². The van der Waals surface area contributed by atoms with Crippen molar-refractivity contribution in [1.29, 1.82) is 5.26 Å². The highest BCUT2D eigenvalue weighted by Gasteiger charge is 2.29. The van der Waals surface area contributed by atoms with Gasteiger partial charge in [-0.25, -0.2) is 0 Å². The molecule has 0 bridgehead atoms. The van der Waals surface area contributed by atoms with E-state index in [2.05, 4.69) is 26.9 Å². The topological polar surface area (TPSA) is 90.7 Å². The van der Waals surface area contributed by atoms with Gasteiger partial charge in [-0.3, -0.25) is 4.79 Å². The summed E-state index contributed by atoms with van der Waals surface area (Å²) in [5.41, 5.74) is 0.303. The summed E-state index contributed by atoms with van der Waals surface area (Å²) in [6, 6.07) is 12.2. The molecule has 1 unspecified atom stereocenters. The van der Waals surface area contributed by atoms with E-state index in [1.54, 1.807) is 6.92 Å². The van der Waals surface area contributed by atoms with Gasteiger partial charge < -0.3 is 10.6 Å². The lowest BCUT2D eigenvalue weighted by Crippen LogP contribution is -2.49. The first-order chi connectivity index (χ1) is 11.9. The lowest BCUT2D eigenvalue weighted by Gasteiger charge is -2.27. The van der Waals surface area contributed by atoms with Crippen molar-refractivity contribution in [3.05, 3.63) is 35.9 Å². The molecular formula is C17H21N5OS2. The van der Waals surface area contributed by atoms with Crippen molar-refractivity contribution in [1.82, 2.24) is 15.5 Å². The molecule has 1 heterocycles. The smallest absolute Gasteiger partial charge is 0.231 e. The summed E-state index contributed by atoms with van der Waals surface area (Å²) in [7, 11) is 0. The fraction of sp³-hybridized carbons (Fsp3) is 0.412. The largest absolute Gasteiger partial charge is 0.356 e. The van der Waals surface area contributed by atoms with Crippen LogP contribution in [0.4, 0.5) is 5.13 Å². The number of hydrogen-bond acceptors (Lipinski definition) is 7. The highest BCUT2D eigenvalue weighted by Crippen LogP contribution is 2.26. The molecule has 0 radical (unpaired) electrons. The van der Waals surface area contributed by atoms with Crippen LogP contribution in [-0.4, -0.2) is 27.4 Å². The number of anilines is 1. The van der Waals surface area contributed by atoms with Crippen LogP contribution in [0.15, 0.2) is 34.7 Å². The number of carbonyl (C=O) groups is 1. The van der Waals surface area contributed by atoms with Gasteiger partial charge in [-0.05, 0) is 18.4 Å². The Balaban J connectivity index is 1.81. The van der Waals surface area contributed by atoms with E-state index in [9.17, 15) is 10.1 Å². The van der Waals surface area contributed by atoms with Gasteiger partial charge in [0.1, 0.15) is 5.54 Å². The molecule has 0 aliphatic heterocycles. The van der Waals surface area contributed by atoms with Gasteiger partial charge in [-0.1, -0.05) is 67.3 Å². The molecule has 2 rings (SSSR count). The van der Waals surface area contributed by atoms with E-state index >= 15 is 0 Å². The minimum absolute atomic E-state index is 0.0294. The Kier molecular flexibility index (Phi) is 6.79. The number of benzene rings is 1. The summed E-state index contributed by atoms with van der Waals surface area (Å²) in [4.78, 5) is 12.1. The number of rotatable bonds is 8. The van der Waals surface area contributed by atoms with Crippen LogP contribution >= 0.6 is 23.1 Å². The van der Waals surface area contributed by atoms with Crippen LogP contribution in [0.5, 0.6) is 0 Å². The Morgan fingerprint density at radius 1 is 1.36 bits per heavy atom. The second-order valence-electron chi connectivity index (χ2n) is 6.02. The number of carbonyl (C=O) groups excluding carboxylic acids is 1. The predicted molar refractivity (Wildman–Crippen MR) is 101 cm³/mol. The molecule has 1 aromatic carbocycles. The van der Waals surface area contributed by atoms with Gasteiger partial charge in [-0.2, -0.15) is 5.26 Å². The van der Waals surface area contributed by atoms with Gasteiger partial charge in [-0.15, -0.1) is 10.2 Å². The molecule has 1 amide bonds. The number of nitrogens with one attached hydrogen (secondary N) is 2. The van der Waals surface area contributed by atoms with Gasteiger partial charge in [0.25, 0.3) is 0 Å². The quantitative estimate of drug-likeness (QED) is 0.688. The van der Waals surface area contributed by atoms with E-state index in [0.29, 0.717) is 10.9 Å². The average molecular weight is 376 g/mol. The maximum absolute atomic E-state index is 12.1. The molecule has 0 saturated carbocycles. The third-order valence-electron chi connectivity index (χ3n) is 3.81. The van der Waals surface area contributed by atoms with Crippen LogP contribution in [0.3, 0.4) is 0 Å². The highest BCUT2D eigenvalue weighted by molar-refractivity contribution is 8.01. The molecule has 0 fully saturated rings. The summed E-state index contributed by atoms with van der Waals surface area (Å²) < 4.78 is 0.717. The Bertz CT molecular complexity index is 741. The summed E-state index contributed by atoms with van der Waals surface area (Å²) in [6.45, 7) is 6.23. The standard InChI is InChI=1S/C17H21N5OS2/c1-12(2)17(3,11-18)20-14(23)10-24-16-22-21-15(25-16)19-9-13-7-5-4-6-8-13/h4-8,12H,9-10H2,1-3H3,(H,19,21)(H,20,23). The summed E-state index contributed by atoms with van der Waals surface area (Å²) in [6.07, 6.45) is 0. The van der Waals surface area contributed by atoms with Crippen molar-refractivity contribution in [2.75, 3.05) is 11.1 Å². The minimum Gasteiger partial charge on any atom is -0.356 e. The number of nitriles is 1. The van der Waals surface area contributed by atoms with Crippen LogP contribution in [0.25, 0.3) is 0 Å². The fourth-order valence-electron chi connectivity index (χ4n) is 1.87. The van der Waals surface area contributed by atoms with Crippen molar-refractivity contribution >= 4 is 34.1 Å². The SMILES string of the molecule is CC(C)C(C)(C#N)NC(=O)CSc1nnc(NCc2ccccc2)s1. The lowest BCUT2D eigenvalue weighted by atomic mass is 9.90. The molecule has 25 heavy (non-hydrogen) atoms. The molecule has 6 nitrogen and oxygen atoms in total. The maximum atomic E-state index is 12.1. The molecule has 0 spiro atoms. The van der Waals surface area contributed by atoms with E-state index in [4.69, 9.17) is 0 Å².